The quantitative estimate of drug-likeness (QED) is 0.679. The predicted octanol–water partition coefficient (Wildman–Crippen LogP) is 3.88. The summed E-state index contributed by atoms with van der Waals surface area (Å²) >= 11 is 0. The first kappa shape index (κ1) is 22.4. The molecule has 32 heavy (non-hydrogen) atoms. The van der Waals surface area contributed by atoms with Crippen LogP contribution in [-0.2, 0) is 11.3 Å². The van der Waals surface area contributed by atoms with Gasteiger partial charge in [0, 0.05) is 31.2 Å². The monoisotopic (exact) mass is 438 g/mol. The first-order valence-corrected chi connectivity index (χ1v) is 11.9. The van der Waals surface area contributed by atoms with Gasteiger partial charge in [-0.25, -0.2) is 4.98 Å². The smallest absolute Gasteiger partial charge is 0.289 e. The van der Waals surface area contributed by atoms with Crippen LogP contribution in [0.1, 0.15) is 63.0 Å². The van der Waals surface area contributed by atoms with E-state index in [4.69, 9.17) is 4.74 Å². The van der Waals surface area contributed by atoms with E-state index in [0.717, 1.165) is 43.6 Å². The molecule has 0 saturated heterocycles. The number of ether oxygens (including phenoxy) is 1. The molecule has 1 N–H and O–H groups in total. The van der Waals surface area contributed by atoms with Gasteiger partial charge in [0.1, 0.15) is 5.75 Å². The van der Waals surface area contributed by atoms with Gasteiger partial charge in [-0.1, -0.05) is 33.1 Å². The van der Waals surface area contributed by atoms with Crippen LogP contribution in [0.5, 0.6) is 5.75 Å². The second-order valence-electron chi connectivity index (χ2n) is 9.31. The Balaban J connectivity index is 1.34. The minimum Gasteiger partial charge on any atom is -0.484 e. The van der Waals surface area contributed by atoms with Gasteiger partial charge >= 0.3 is 0 Å². The summed E-state index contributed by atoms with van der Waals surface area (Å²) in [5.74, 6) is 1.68. The summed E-state index contributed by atoms with van der Waals surface area (Å²) in [7, 11) is 0. The van der Waals surface area contributed by atoms with Gasteiger partial charge < -0.3 is 19.5 Å². The maximum absolute atomic E-state index is 12.8. The Morgan fingerprint density at radius 3 is 2.62 bits per heavy atom. The Morgan fingerprint density at radius 2 is 1.91 bits per heavy atom. The van der Waals surface area contributed by atoms with Crippen LogP contribution in [0.25, 0.3) is 11.3 Å². The Hall–Kier alpha value is -2.83. The maximum Gasteiger partial charge on any atom is 0.289 e. The zero-order chi connectivity index (χ0) is 22.5. The van der Waals surface area contributed by atoms with Crippen molar-refractivity contribution in [3.63, 3.8) is 0 Å². The lowest BCUT2D eigenvalue weighted by atomic mass is 9.95. The zero-order valence-corrected chi connectivity index (χ0v) is 19.2. The van der Waals surface area contributed by atoms with Crippen molar-refractivity contribution in [3.05, 3.63) is 36.3 Å². The van der Waals surface area contributed by atoms with E-state index in [9.17, 15) is 9.59 Å². The standard InChI is InChI=1S/C25H34N4O3/c1-18(2)12-13-28-14-15-29-22(16-26-24(29)25(28)31)19-8-10-21(11-9-19)32-17-23(30)27-20-6-4-3-5-7-20/h8-11,16,18,20H,3-7,12-15,17H2,1-2H3,(H,27,30). The first-order chi connectivity index (χ1) is 15.5. The normalized spacial score (nSPS) is 16.8. The summed E-state index contributed by atoms with van der Waals surface area (Å²) in [5, 5.41) is 3.07. The number of carbonyl (C=O) groups is 2. The molecular weight excluding hydrogens is 404 g/mol. The molecule has 1 saturated carbocycles. The maximum atomic E-state index is 12.8. The molecule has 0 unspecified atom stereocenters. The topological polar surface area (TPSA) is 76.5 Å². The molecule has 1 fully saturated rings. The number of rotatable bonds is 8. The molecule has 0 spiro atoms. The van der Waals surface area contributed by atoms with Crippen LogP contribution in [0.15, 0.2) is 30.5 Å². The summed E-state index contributed by atoms with van der Waals surface area (Å²) in [6.07, 6.45) is 8.54. The minimum absolute atomic E-state index is 0.00656. The Bertz CT molecular complexity index is 929. The molecule has 0 bridgehead atoms. The van der Waals surface area contributed by atoms with E-state index in [1.807, 2.05) is 33.7 Å². The minimum atomic E-state index is -0.0635. The molecule has 7 heteroatoms. The number of benzene rings is 1. The molecule has 4 rings (SSSR count). The van der Waals surface area contributed by atoms with Gasteiger partial charge in [0.05, 0.1) is 11.9 Å². The lowest BCUT2D eigenvalue weighted by Gasteiger charge is -2.29. The SMILES string of the molecule is CC(C)CCN1CCn2c(-c3ccc(OCC(=O)NC4CCCCC4)cc3)cnc2C1=O. The Morgan fingerprint density at radius 1 is 1.16 bits per heavy atom. The van der Waals surface area contributed by atoms with Crippen LogP contribution in [0.4, 0.5) is 0 Å². The van der Waals surface area contributed by atoms with Gasteiger partial charge in [-0.05, 0) is 49.4 Å². The summed E-state index contributed by atoms with van der Waals surface area (Å²) in [6.45, 7) is 6.60. The second-order valence-corrected chi connectivity index (χ2v) is 9.31. The molecule has 1 aliphatic heterocycles. The first-order valence-electron chi connectivity index (χ1n) is 11.9. The number of hydrogen-bond acceptors (Lipinski definition) is 4. The zero-order valence-electron chi connectivity index (χ0n) is 19.2. The number of imidazole rings is 1. The molecule has 0 radical (unpaired) electrons. The molecule has 1 aromatic carbocycles. The average molecular weight is 439 g/mol. The van der Waals surface area contributed by atoms with Gasteiger partial charge in [-0.15, -0.1) is 0 Å². The third-order valence-corrected chi connectivity index (χ3v) is 6.39. The van der Waals surface area contributed by atoms with Crippen molar-refractivity contribution >= 4 is 11.8 Å². The highest BCUT2D eigenvalue weighted by atomic mass is 16.5. The molecule has 2 amide bonds. The third kappa shape index (κ3) is 5.31. The molecule has 1 aromatic heterocycles. The lowest BCUT2D eigenvalue weighted by molar-refractivity contribution is -0.124. The van der Waals surface area contributed by atoms with Crippen molar-refractivity contribution in [1.29, 1.82) is 0 Å². The molecule has 2 heterocycles. The molecule has 1 aliphatic carbocycles. The van der Waals surface area contributed by atoms with Crippen molar-refractivity contribution in [1.82, 2.24) is 19.8 Å². The summed E-state index contributed by atoms with van der Waals surface area (Å²) in [6, 6.07) is 7.92. The number of nitrogens with one attached hydrogen (secondary N) is 1. The molecule has 7 nitrogen and oxygen atoms in total. The number of hydrogen-bond donors (Lipinski definition) is 1. The van der Waals surface area contributed by atoms with Gasteiger partial charge in [-0.2, -0.15) is 0 Å². The van der Waals surface area contributed by atoms with Crippen LogP contribution in [-0.4, -0.2) is 52.0 Å². The highest BCUT2D eigenvalue weighted by molar-refractivity contribution is 5.92. The van der Waals surface area contributed by atoms with Crippen LogP contribution >= 0.6 is 0 Å². The molecule has 172 valence electrons. The van der Waals surface area contributed by atoms with E-state index >= 15 is 0 Å². The van der Waals surface area contributed by atoms with Gasteiger partial charge in [-0.3, -0.25) is 9.59 Å². The molecule has 0 atom stereocenters. The Labute approximate surface area is 190 Å². The number of fused-ring (bicyclic) bond motifs is 1. The van der Waals surface area contributed by atoms with Crippen molar-refractivity contribution in [2.75, 3.05) is 19.7 Å². The Kier molecular flexibility index (Phi) is 7.12. The fourth-order valence-corrected chi connectivity index (χ4v) is 4.48. The average Bonchev–Trinajstić information content (AvgIpc) is 3.23. The van der Waals surface area contributed by atoms with Gasteiger partial charge in [0.15, 0.2) is 12.4 Å². The van der Waals surface area contributed by atoms with E-state index in [-0.39, 0.29) is 18.4 Å². The van der Waals surface area contributed by atoms with E-state index in [1.165, 1.54) is 19.3 Å². The summed E-state index contributed by atoms with van der Waals surface area (Å²) in [5.41, 5.74) is 1.91. The highest BCUT2D eigenvalue weighted by Crippen LogP contribution is 2.26. The molecular formula is C25H34N4O3. The van der Waals surface area contributed by atoms with E-state index in [0.29, 0.717) is 30.1 Å². The molecule has 2 aliphatic rings. The second kappa shape index (κ2) is 10.2. The van der Waals surface area contributed by atoms with Crippen molar-refractivity contribution < 1.29 is 14.3 Å². The van der Waals surface area contributed by atoms with Crippen LogP contribution in [0.3, 0.4) is 0 Å². The predicted molar refractivity (Wildman–Crippen MR) is 124 cm³/mol. The number of aromatic nitrogens is 2. The van der Waals surface area contributed by atoms with Crippen molar-refractivity contribution in [2.24, 2.45) is 5.92 Å². The van der Waals surface area contributed by atoms with E-state index in [1.54, 1.807) is 6.20 Å². The van der Waals surface area contributed by atoms with Crippen molar-refractivity contribution in [3.8, 4) is 17.0 Å². The lowest BCUT2D eigenvalue weighted by Crippen LogP contribution is -2.41. The number of nitrogens with zero attached hydrogens (tertiary/aromatic N) is 3. The van der Waals surface area contributed by atoms with Crippen molar-refractivity contribution in [2.45, 2.75) is 65.0 Å². The third-order valence-electron chi connectivity index (χ3n) is 6.39. The highest BCUT2D eigenvalue weighted by Gasteiger charge is 2.28. The molecule has 2 aromatic rings. The fourth-order valence-electron chi connectivity index (χ4n) is 4.48. The van der Waals surface area contributed by atoms with Crippen LogP contribution < -0.4 is 10.1 Å². The largest absolute Gasteiger partial charge is 0.484 e. The van der Waals surface area contributed by atoms with Gasteiger partial charge in [0.2, 0.25) is 0 Å². The number of amides is 2. The number of carbonyl (C=O) groups excluding carboxylic acids is 2. The summed E-state index contributed by atoms with van der Waals surface area (Å²) in [4.78, 5) is 31.3. The van der Waals surface area contributed by atoms with Gasteiger partial charge in [0.25, 0.3) is 11.8 Å². The van der Waals surface area contributed by atoms with Crippen LogP contribution in [0.2, 0.25) is 0 Å². The van der Waals surface area contributed by atoms with E-state index < -0.39 is 0 Å². The fraction of sp³-hybridized carbons (Fsp3) is 0.560. The van der Waals surface area contributed by atoms with Crippen LogP contribution in [0, 0.1) is 5.92 Å². The van der Waals surface area contributed by atoms with E-state index in [2.05, 4.69) is 24.1 Å². The summed E-state index contributed by atoms with van der Waals surface area (Å²) < 4.78 is 7.68.